The summed E-state index contributed by atoms with van der Waals surface area (Å²) in [4.78, 5) is 11.1. The van der Waals surface area contributed by atoms with Gasteiger partial charge in [0, 0.05) is 5.92 Å². The van der Waals surface area contributed by atoms with E-state index in [1.807, 2.05) is 48.5 Å². The summed E-state index contributed by atoms with van der Waals surface area (Å²) in [7, 11) is 0. The molecule has 0 aliphatic heterocycles. The van der Waals surface area contributed by atoms with Gasteiger partial charge in [-0.25, -0.2) is 0 Å². The highest BCUT2D eigenvalue weighted by Gasteiger charge is 2.08. The first-order chi connectivity index (χ1) is 9.88. The topological polar surface area (TPSA) is 26.3 Å². The van der Waals surface area contributed by atoms with E-state index < -0.39 is 0 Å². The van der Waals surface area contributed by atoms with E-state index in [-0.39, 0.29) is 5.92 Å². The number of carbonyl (C=O) groups is 1. The lowest BCUT2D eigenvalue weighted by Crippen LogP contribution is -2.12. The van der Waals surface area contributed by atoms with Gasteiger partial charge in [0.25, 0.3) is 0 Å². The van der Waals surface area contributed by atoms with Crippen molar-refractivity contribution in [2.24, 2.45) is 5.92 Å². The molecule has 0 saturated heterocycles. The second-order valence-electron chi connectivity index (χ2n) is 4.92. The van der Waals surface area contributed by atoms with Crippen LogP contribution in [0.15, 0.2) is 60.7 Å². The molecule has 0 radical (unpaired) electrons. The van der Waals surface area contributed by atoms with Gasteiger partial charge in [0.15, 0.2) is 0 Å². The average molecular weight is 268 g/mol. The molecule has 2 rings (SSSR count). The molecule has 2 aromatic rings. The van der Waals surface area contributed by atoms with Crippen LogP contribution in [0, 0.1) is 5.92 Å². The van der Waals surface area contributed by atoms with Crippen LogP contribution in [0.5, 0.6) is 0 Å². The SMILES string of the molecule is O=C[C@@H](CCc1ccccc1)COCc1ccccc1. The Morgan fingerprint density at radius 3 is 2.10 bits per heavy atom. The van der Waals surface area contributed by atoms with Gasteiger partial charge < -0.3 is 9.53 Å². The smallest absolute Gasteiger partial charge is 0.125 e. The van der Waals surface area contributed by atoms with Crippen LogP contribution in [-0.4, -0.2) is 12.9 Å². The first-order valence-electron chi connectivity index (χ1n) is 6.99. The summed E-state index contributed by atoms with van der Waals surface area (Å²) < 4.78 is 5.63. The molecule has 0 bridgehead atoms. The third-order valence-corrected chi connectivity index (χ3v) is 3.28. The molecule has 1 atom stereocenters. The second-order valence-corrected chi connectivity index (χ2v) is 4.92. The lowest BCUT2D eigenvalue weighted by molar-refractivity contribution is -0.113. The van der Waals surface area contributed by atoms with Crippen molar-refractivity contribution >= 4 is 6.29 Å². The van der Waals surface area contributed by atoms with E-state index in [2.05, 4.69) is 12.1 Å². The molecule has 2 nitrogen and oxygen atoms in total. The molecule has 2 aromatic carbocycles. The largest absolute Gasteiger partial charge is 0.376 e. The van der Waals surface area contributed by atoms with E-state index in [0.29, 0.717) is 13.2 Å². The van der Waals surface area contributed by atoms with Crippen molar-refractivity contribution in [3.05, 3.63) is 71.8 Å². The van der Waals surface area contributed by atoms with Gasteiger partial charge >= 0.3 is 0 Å². The molecule has 0 amide bonds. The van der Waals surface area contributed by atoms with Crippen LogP contribution in [0.2, 0.25) is 0 Å². The molecule has 2 heteroatoms. The maximum atomic E-state index is 11.1. The van der Waals surface area contributed by atoms with Crippen molar-refractivity contribution in [2.75, 3.05) is 6.61 Å². The van der Waals surface area contributed by atoms with E-state index >= 15 is 0 Å². The molecule has 0 aromatic heterocycles. The van der Waals surface area contributed by atoms with Crippen molar-refractivity contribution in [3.63, 3.8) is 0 Å². The van der Waals surface area contributed by atoms with Crippen molar-refractivity contribution in [1.29, 1.82) is 0 Å². The number of hydrogen-bond acceptors (Lipinski definition) is 2. The highest BCUT2D eigenvalue weighted by Crippen LogP contribution is 2.10. The fourth-order valence-electron chi connectivity index (χ4n) is 2.09. The fraction of sp³-hybridized carbons (Fsp3) is 0.278. The quantitative estimate of drug-likeness (QED) is 0.683. The van der Waals surface area contributed by atoms with Crippen molar-refractivity contribution in [1.82, 2.24) is 0 Å². The van der Waals surface area contributed by atoms with Gasteiger partial charge in [-0.3, -0.25) is 0 Å². The van der Waals surface area contributed by atoms with Crippen molar-refractivity contribution < 1.29 is 9.53 Å². The summed E-state index contributed by atoms with van der Waals surface area (Å²) in [5.74, 6) is -0.0288. The number of hydrogen-bond donors (Lipinski definition) is 0. The van der Waals surface area contributed by atoms with Crippen LogP contribution >= 0.6 is 0 Å². The average Bonchev–Trinajstić information content (AvgIpc) is 2.52. The second kappa shape index (κ2) is 8.28. The molecule has 0 unspecified atom stereocenters. The van der Waals surface area contributed by atoms with Crippen LogP contribution in [0.1, 0.15) is 17.5 Å². The van der Waals surface area contributed by atoms with Crippen LogP contribution in [0.4, 0.5) is 0 Å². The Hall–Kier alpha value is -1.93. The lowest BCUT2D eigenvalue weighted by Gasteiger charge is -2.11. The number of rotatable bonds is 8. The zero-order valence-electron chi connectivity index (χ0n) is 11.6. The highest BCUT2D eigenvalue weighted by molar-refractivity contribution is 5.53. The number of benzene rings is 2. The molecule has 104 valence electrons. The number of aldehydes is 1. The highest BCUT2D eigenvalue weighted by atomic mass is 16.5. The number of carbonyl (C=O) groups excluding carboxylic acids is 1. The Balaban J connectivity index is 1.71. The van der Waals surface area contributed by atoms with Crippen LogP contribution in [0.25, 0.3) is 0 Å². The molecule has 0 N–H and O–H groups in total. The molecular weight excluding hydrogens is 248 g/mol. The molecule has 0 aliphatic rings. The zero-order chi connectivity index (χ0) is 14.0. The summed E-state index contributed by atoms with van der Waals surface area (Å²) in [6.07, 6.45) is 2.76. The van der Waals surface area contributed by atoms with Crippen LogP contribution in [0.3, 0.4) is 0 Å². The minimum Gasteiger partial charge on any atom is -0.376 e. The first-order valence-corrected chi connectivity index (χ1v) is 6.99. The molecule has 0 heterocycles. The molecule has 0 spiro atoms. The zero-order valence-corrected chi connectivity index (χ0v) is 11.6. The van der Waals surface area contributed by atoms with E-state index in [0.717, 1.165) is 24.7 Å². The molecule has 0 aliphatic carbocycles. The molecule has 20 heavy (non-hydrogen) atoms. The Bertz CT molecular complexity index is 493. The Labute approximate surface area is 120 Å². The maximum Gasteiger partial charge on any atom is 0.125 e. The van der Waals surface area contributed by atoms with Gasteiger partial charge in [-0.1, -0.05) is 60.7 Å². The summed E-state index contributed by atoms with van der Waals surface area (Å²) >= 11 is 0. The Morgan fingerprint density at radius 1 is 0.900 bits per heavy atom. The van der Waals surface area contributed by atoms with Gasteiger partial charge in [0.05, 0.1) is 13.2 Å². The summed E-state index contributed by atoms with van der Waals surface area (Å²) in [6.45, 7) is 1.06. The van der Waals surface area contributed by atoms with Crippen molar-refractivity contribution in [2.45, 2.75) is 19.4 Å². The third kappa shape index (κ3) is 4.98. The van der Waals surface area contributed by atoms with Gasteiger partial charge in [-0.15, -0.1) is 0 Å². The molecule has 0 fully saturated rings. The van der Waals surface area contributed by atoms with Crippen LogP contribution in [-0.2, 0) is 22.6 Å². The normalized spacial score (nSPS) is 12.0. The van der Waals surface area contributed by atoms with Gasteiger partial charge in [-0.2, -0.15) is 0 Å². The van der Waals surface area contributed by atoms with E-state index in [1.54, 1.807) is 0 Å². The van der Waals surface area contributed by atoms with Gasteiger partial charge in [0.1, 0.15) is 6.29 Å². The third-order valence-electron chi connectivity index (χ3n) is 3.28. The standard InChI is InChI=1S/C18H20O2/c19-13-18(12-11-16-7-3-1-4-8-16)15-20-14-17-9-5-2-6-10-17/h1-10,13,18H,11-12,14-15H2/t18-/m1/s1. The van der Waals surface area contributed by atoms with E-state index in [1.165, 1.54) is 5.56 Å². The Kier molecular flexibility index (Phi) is 6.00. The minimum atomic E-state index is -0.0288. The predicted molar refractivity (Wildman–Crippen MR) is 80.4 cm³/mol. The summed E-state index contributed by atoms with van der Waals surface area (Å²) in [5, 5.41) is 0. The summed E-state index contributed by atoms with van der Waals surface area (Å²) in [6, 6.07) is 20.3. The van der Waals surface area contributed by atoms with E-state index in [4.69, 9.17) is 4.74 Å². The maximum absolute atomic E-state index is 11.1. The summed E-state index contributed by atoms with van der Waals surface area (Å²) in [5.41, 5.74) is 2.41. The lowest BCUT2D eigenvalue weighted by atomic mass is 10.0. The number of aryl methyl sites for hydroxylation is 1. The Morgan fingerprint density at radius 2 is 1.50 bits per heavy atom. The number of ether oxygens (including phenoxy) is 1. The first kappa shape index (κ1) is 14.5. The monoisotopic (exact) mass is 268 g/mol. The fourth-order valence-corrected chi connectivity index (χ4v) is 2.09. The van der Waals surface area contributed by atoms with E-state index in [9.17, 15) is 4.79 Å². The van der Waals surface area contributed by atoms with Crippen molar-refractivity contribution in [3.8, 4) is 0 Å². The minimum absolute atomic E-state index is 0.0288. The van der Waals surface area contributed by atoms with Gasteiger partial charge in [0.2, 0.25) is 0 Å². The van der Waals surface area contributed by atoms with Crippen LogP contribution < -0.4 is 0 Å². The molecule has 0 saturated carbocycles. The van der Waals surface area contributed by atoms with Gasteiger partial charge in [-0.05, 0) is 24.0 Å². The predicted octanol–water partition coefficient (Wildman–Crippen LogP) is 3.65. The molecular formula is C18H20O2.